The van der Waals surface area contributed by atoms with Gasteiger partial charge in [-0.1, -0.05) is 74.7 Å². The zero-order valence-electron chi connectivity index (χ0n) is 24.8. The molecule has 1 aliphatic carbocycles. The fourth-order valence-corrected chi connectivity index (χ4v) is 7.57. The zero-order valence-corrected chi connectivity index (χ0v) is 26.4. The van der Waals surface area contributed by atoms with Crippen molar-refractivity contribution in [1.29, 1.82) is 0 Å². The summed E-state index contributed by atoms with van der Waals surface area (Å²) in [5.74, 6) is 1.61. The molecule has 2 heterocycles. The molecule has 0 bridgehead atoms. The monoisotopic (exact) mass is 588 g/mol. The quantitative estimate of drug-likeness (QED) is 0.373. The molecule has 0 aromatic heterocycles. The number of thioether (sulfide) groups is 1. The normalized spacial score (nSPS) is 23.1. The van der Waals surface area contributed by atoms with Crippen molar-refractivity contribution in [2.75, 3.05) is 31.8 Å². The number of thiocarbonyl (C=S) groups is 1. The molecule has 2 aliphatic heterocycles. The summed E-state index contributed by atoms with van der Waals surface area (Å²) in [5, 5.41) is 3.30. The molecule has 2 saturated heterocycles. The number of ether oxygens (including phenoxy) is 1. The van der Waals surface area contributed by atoms with Gasteiger partial charge in [0.15, 0.2) is 0 Å². The van der Waals surface area contributed by atoms with Crippen LogP contribution in [0.25, 0.3) is 0 Å². The number of likely N-dealkylation sites (N-methyl/N-ethyl adjacent to an activating group) is 1. The molecule has 3 atom stereocenters. The van der Waals surface area contributed by atoms with E-state index < -0.39 is 17.7 Å². The van der Waals surface area contributed by atoms with Gasteiger partial charge in [-0.05, 0) is 51.5 Å². The van der Waals surface area contributed by atoms with Crippen molar-refractivity contribution in [2.45, 2.75) is 102 Å². The number of rotatable bonds is 9. The first-order valence-corrected chi connectivity index (χ1v) is 16.6. The van der Waals surface area contributed by atoms with Crippen molar-refractivity contribution in [3.63, 3.8) is 0 Å². The predicted molar refractivity (Wildman–Crippen MR) is 167 cm³/mol. The molecule has 1 unspecified atom stereocenters. The lowest BCUT2D eigenvalue weighted by Crippen LogP contribution is -2.55. The van der Waals surface area contributed by atoms with Crippen LogP contribution in [0.4, 0.5) is 4.79 Å². The number of nitrogens with zero attached hydrogens (tertiary/aromatic N) is 3. The Balaban J connectivity index is 1.40. The van der Waals surface area contributed by atoms with Crippen LogP contribution in [0.15, 0.2) is 30.3 Å². The maximum atomic E-state index is 13.6. The van der Waals surface area contributed by atoms with Gasteiger partial charge in [-0.15, -0.1) is 11.8 Å². The van der Waals surface area contributed by atoms with Gasteiger partial charge < -0.3 is 15.0 Å². The van der Waals surface area contributed by atoms with E-state index in [1.54, 1.807) is 16.7 Å². The van der Waals surface area contributed by atoms with E-state index in [1.165, 1.54) is 37.7 Å². The third kappa shape index (κ3) is 8.83. The summed E-state index contributed by atoms with van der Waals surface area (Å²) < 4.78 is 5.59. The SMILES string of the molecule is CN(C(=S)[C@@H](CCC1CCCCC1)NC(=O)[C@@H]1CSCN1C(=O)OC(C)(C)C)C1CCN(Cc2ccccc2)C1. The predicted octanol–water partition coefficient (Wildman–Crippen LogP) is 5.68. The molecule has 3 aliphatic rings. The fraction of sp³-hybridized carbons (Fsp3) is 0.710. The van der Waals surface area contributed by atoms with E-state index in [-0.39, 0.29) is 11.9 Å². The van der Waals surface area contributed by atoms with Crippen molar-refractivity contribution in [3.8, 4) is 0 Å². The van der Waals surface area contributed by atoms with Gasteiger partial charge in [0.25, 0.3) is 0 Å². The number of hydrogen-bond donors (Lipinski definition) is 1. The van der Waals surface area contributed by atoms with Crippen molar-refractivity contribution in [3.05, 3.63) is 35.9 Å². The Kier molecular flexibility index (Phi) is 11.2. The van der Waals surface area contributed by atoms with Crippen LogP contribution in [-0.2, 0) is 16.1 Å². The number of amides is 2. The van der Waals surface area contributed by atoms with Crippen LogP contribution in [-0.4, -0.2) is 87.2 Å². The number of benzene rings is 1. The van der Waals surface area contributed by atoms with E-state index in [1.807, 2.05) is 20.8 Å². The highest BCUT2D eigenvalue weighted by atomic mass is 32.2. The molecule has 0 spiro atoms. The Morgan fingerprint density at radius 3 is 2.58 bits per heavy atom. The Morgan fingerprint density at radius 2 is 1.88 bits per heavy atom. The fourth-order valence-electron chi connectivity index (χ4n) is 6.10. The number of hydrogen-bond acceptors (Lipinski definition) is 6. The third-order valence-corrected chi connectivity index (χ3v) is 9.99. The first-order valence-electron chi connectivity index (χ1n) is 15.0. The summed E-state index contributed by atoms with van der Waals surface area (Å²) in [6.45, 7) is 8.49. The molecule has 222 valence electrons. The van der Waals surface area contributed by atoms with Crippen LogP contribution in [0, 0.1) is 5.92 Å². The Bertz CT molecular complexity index is 996. The van der Waals surface area contributed by atoms with Crippen LogP contribution in [0.5, 0.6) is 0 Å². The number of likely N-dealkylation sites (tertiary alicyclic amines) is 1. The lowest BCUT2D eigenvalue weighted by Gasteiger charge is -2.34. The molecule has 40 heavy (non-hydrogen) atoms. The smallest absolute Gasteiger partial charge is 0.411 e. The van der Waals surface area contributed by atoms with E-state index in [0.717, 1.165) is 43.9 Å². The molecule has 1 aromatic carbocycles. The topological polar surface area (TPSA) is 65.1 Å². The molecule has 1 N–H and O–H groups in total. The zero-order chi connectivity index (χ0) is 28.7. The number of carbonyl (C=O) groups excluding carboxylic acids is 2. The maximum Gasteiger partial charge on any atom is 0.411 e. The molecule has 2 amide bonds. The molecular formula is C31H48N4O3S2. The summed E-state index contributed by atoms with van der Waals surface area (Å²) in [6.07, 6.45) is 9.01. The number of carbonyl (C=O) groups is 2. The second kappa shape index (κ2) is 14.4. The van der Waals surface area contributed by atoms with E-state index >= 15 is 0 Å². The van der Waals surface area contributed by atoms with Gasteiger partial charge >= 0.3 is 6.09 Å². The molecule has 1 aromatic rings. The summed E-state index contributed by atoms with van der Waals surface area (Å²) in [5.41, 5.74) is 0.725. The highest BCUT2D eigenvalue weighted by molar-refractivity contribution is 7.99. The minimum absolute atomic E-state index is 0.127. The first-order chi connectivity index (χ1) is 19.1. The van der Waals surface area contributed by atoms with E-state index in [9.17, 15) is 9.59 Å². The van der Waals surface area contributed by atoms with Crippen LogP contribution in [0.1, 0.15) is 77.7 Å². The molecule has 7 nitrogen and oxygen atoms in total. The summed E-state index contributed by atoms with van der Waals surface area (Å²) >= 11 is 7.69. The van der Waals surface area contributed by atoms with Crippen molar-refractivity contribution in [1.82, 2.24) is 20.0 Å². The lowest BCUT2D eigenvalue weighted by atomic mass is 9.85. The van der Waals surface area contributed by atoms with Crippen molar-refractivity contribution >= 4 is 41.0 Å². The van der Waals surface area contributed by atoms with E-state index in [2.05, 4.69) is 52.5 Å². The van der Waals surface area contributed by atoms with Gasteiger partial charge in [0, 0.05) is 38.5 Å². The van der Waals surface area contributed by atoms with Gasteiger partial charge in [-0.2, -0.15) is 0 Å². The second-order valence-electron chi connectivity index (χ2n) is 12.7. The standard InChI is InChI=1S/C31H48N4O3S2/c1-31(2,3)38-30(37)35-22-40-21-27(35)28(36)32-26(16-15-23-11-7-5-8-12-23)29(39)33(4)25-17-18-34(20-25)19-24-13-9-6-10-14-24/h6,9-10,13-14,23,25-27H,5,7-8,11-12,15-22H2,1-4H3,(H,32,36)/t25?,26-,27+/m1/s1. The average Bonchev–Trinajstić information content (AvgIpc) is 3.61. The highest BCUT2D eigenvalue weighted by Gasteiger charge is 2.39. The first kappa shape index (κ1) is 31.1. The van der Waals surface area contributed by atoms with Gasteiger partial charge in [-0.25, -0.2) is 4.79 Å². The lowest BCUT2D eigenvalue weighted by molar-refractivity contribution is -0.125. The van der Waals surface area contributed by atoms with Crippen molar-refractivity contribution in [2.24, 2.45) is 5.92 Å². The Hall–Kier alpha value is -1.84. The molecule has 9 heteroatoms. The Labute approximate surface area is 250 Å². The van der Waals surface area contributed by atoms with E-state index in [0.29, 0.717) is 23.6 Å². The van der Waals surface area contributed by atoms with Crippen LogP contribution >= 0.6 is 24.0 Å². The molecule has 1 saturated carbocycles. The largest absolute Gasteiger partial charge is 0.444 e. The van der Waals surface area contributed by atoms with Crippen LogP contribution in [0.2, 0.25) is 0 Å². The van der Waals surface area contributed by atoms with Gasteiger partial charge in [0.1, 0.15) is 16.6 Å². The van der Waals surface area contributed by atoms with Gasteiger partial charge in [0.2, 0.25) is 5.91 Å². The van der Waals surface area contributed by atoms with Gasteiger partial charge in [0.05, 0.1) is 11.9 Å². The van der Waals surface area contributed by atoms with Crippen molar-refractivity contribution < 1.29 is 14.3 Å². The van der Waals surface area contributed by atoms with Gasteiger partial charge in [-0.3, -0.25) is 14.6 Å². The maximum absolute atomic E-state index is 13.6. The summed E-state index contributed by atoms with van der Waals surface area (Å²) in [7, 11) is 2.09. The number of nitrogens with one attached hydrogen (secondary N) is 1. The highest BCUT2D eigenvalue weighted by Crippen LogP contribution is 2.29. The minimum Gasteiger partial charge on any atom is -0.444 e. The molecule has 0 radical (unpaired) electrons. The second-order valence-corrected chi connectivity index (χ2v) is 14.1. The van der Waals surface area contributed by atoms with E-state index in [4.69, 9.17) is 17.0 Å². The molecular weight excluding hydrogens is 541 g/mol. The summed E-state index contributed by atoms with van der Waals surface area (Å²) in [4.78, 5) is 33.6. The average molecular weight is 589 g/mol. The van der Waals surface area contributed by atoms with Crippen LogP contribution in [0.3, 0.4) is 0 Å². The molecule has 3 fully saturated rings. The molecule has 4 rings (SSSR count). The minimum atomic E-state index is -0.603. The summed E-state index contributed by atoms with van der Waals surface area (Å²) in [6, 6.07) is 10.2. The Morgan fingerprint density at radius 1 is 1.15 bits per heavy atom. The van der Waals surface area contributed by atoms with Crippen LogP contribution < -0.4 is 5.32 Å². The third-order valence-electron chi connectivity index (χ3n) is 8.41.